The quantitative estimate of drug-likeness (QED) is 0.871. The molecule has 3 nitrogen and oxygen atoms in total. The van der Waals surface area contributed by atoms with Crippen molar-refractivity contribution in [2.75, 3.05) is 31.2 Å². The van der Waals surface area contributed by atoms with Crippen molar-refractivity contribution in [3.63, 3.8) is 0 Å². The standard InChI is InChI=1S/C12H19N3S/c1-10-8-15(6-7-16-10)9-11-4-3-5-12(13-2)14-11/h3-5,10H,6-9H2,1-2H3,(H,13,14). The van der Waals surface area contributed by atoms with Gasteiger partial charge in [-0.05, 0) is 12.1 Å². The van der Waals surface area contributed by atoms with E-state index in [2.05, 4.69) is 46.0 Å². The van der Waals surface area contributed by atoms with Crippen molar-refractivity contribution >= 4 is 17.6 Å². The lowest BCUT2D eigenvalue weighted by Crippen LogP contribution is -2.36. The first kappa shape index (κ1) is 11.7. The molecule has 1 fully saturated rings. The minimum atomic E-state index is 0.751. The van der Waals surface area contributed by atoms with E-state index in [1.807, 2.05) is 13.1 Å². The van der Waals surface area contributed by atoms with Crippen molar-refractivity contribution in [2.45, 2.75) is 18.7 Å². The van der Waals surface area contributed by atoms with Crippen molar-refractivity contribution in [3.8, 4) is 0 Å². The summed E-state index contributed by atoms with van der Waals surface area (Å²) in [6.45, 7) is 5.63. The lowest BCUT2D eigenvalue weighted by Gasteiger charge is -2.30. The Kier molecular flexibility index (Phi) is 4.07. The van der Waals surface area contributed by atoms with Crippen molar-refractivity contribution in [1.29, 1.82) is 0 Å². The fourth-order valence-corrected chi connectivity index (χ4v) is 3.05. The summed E-state index contributed by atoms with van der Waals surface area (Å²) in [5.41, 5.74) is 1.16. The summed E-state index contributed by atoms with van der Waals surface area (Å²) in [4.78, 5) is 7.04. The van der Waals surface area contributed by atoms with Crippen LogP contribution in [-0.4, -0.2) is 41.0 Å². The highest BCUT2D eigenvalue weighted by Crippen LogP contribution is 2.19. The van der Waals surface area contributed by atoms with E-state index in [0.717, 1.165) is 23.3 Å². The van der Waals surface area contributed by atoms with Crippen LogP contribution in [0.4, 0.5) is 5.82 Å². The predicted octanol–water partition coefficient (Wildman–Crippen LogP) is 2.06. The summed E-state index contributed by atoms with van der Waals surface area (Å²) < 4.78 is 0. The molecule has 0 radical (unpaired) electrons. The Morgan fingerprint density at radius 1 is 1.56 bits per heavy atom. The molecule has 1 aromatic rings. The van der Waals surface area contributed by atoms with Gasteiger partial charge in [-0.2, -0.15) is 11.8 Å². The molecule has 1 unspecified atom stereocenters. The average Bonchev–Trinajstić information content (AvgIpc) is 2.29. The van der Waals surface area contributed by atoms with Crippen LogP contribution in [-0.2, 0) is 6.54 Å². The molecule has 2 rings (SSSR count). The van der Waals surface area contributed by atoms with E-state index >= 15 is 0 Å². The van der Waals surface area contributed by atoms with Gasteiger partial charge in [0.2, 0.25) is 0 Å². The predicted molar refractivity (Wildman–Crippen MR) is 71.0 cm³/mol. The van der Waals surface area contributed by atoms with Crippen LogP contribution in [0.5, 0.6) is 0 Å². The molecular weight excluding hydrogens is 218 g/mol. The minimum Gasteiger partial charge on any atom is -0.373 e. The van der Waals surface area contributed by atoms with Gasteiger partial charge in [-0.15, -0.1) is 0 Å². The molecule has 1 aromatic heterocycles. The highest BCUT2D eigenvalue weighted by atomic mass is 32.2. The molecule has 1 N–H and O–H groups in total. The number of nitrogens with zero attached hydrogens (tertiary/aromatic N) is 2. The smallest absolute Gasteiger partial charge is 0.126 e. The summed E-state index contributed by atoms with van der Waals surface area (Å²) in [6, 6.07) is 6.17. The molecule has 0 aliphatic carbocycles. The van der Waals surface area contributed by atoms with Crippen LogP contribution in [0.1, 0.15) is 12.6 Å². The second-order valence-corrected chi connectivity index (χ2v) is 5.73. The van der Waals surface area contributed by atoms with Crippen LogP contribution in [0.2, 0.25) is 0 Å². The number of anilines is 1. The minimum absolute atomic E-state index is 0.751. The molecule has 0 spiro atoms. The second kappa shape index (κ2) is 5.55. The van der Waals surface area contributed by atoms with Crippen LogP contribution in [0, 0.1) is 0 Å². The van der Waals surface area contributed by atoms with Crippen LogP contribution in [0.25, 0.3) is 0 Å². The van der Waals surface area contributed by atoms with E-state index in [4.69, 9.17) is 0 Å². The monoisotopic (exact) mass is 237 g/mol. The van der Waals surface area contributed by atoms with Crippen molar-refractivity contribution in [3.05, 3.63) is 23.9 Å². The molecule has 1 saturated heterocycles. The first-order valence-corrected chi connectivity index (χ1v) is 6.80. The van der Waals surface area contributed by atoms with E-state index in [1.165, 1.54) is 18.8 Å². The van der Waals surface area contributed by atoms with Crippen molar-refractivity contribution in [1.82, 2.24) is 9.88 Å². The lowest BCUT2D eigenvalue weighted by atomic mass is 10.3. The topological polar surface area (TPSA) is 28.2 Å². The fourth-order valence-electron chi connectivity index (χ4n) is 1.97. The van der Waals surface area contributed by atoms with Crippen molar-refractivity contribution in [2.24, 2.45) is 0 Å². The summed E-state index contributed by atoms with van der Waals surface area (Å²) in [5, 5.41) is 3.83. The molecule has 1 aliphatic rings. The Labute approximate surface area is 102 Å². The number of aromatic nitrogens is 1. The second-order valence-electron chi connectivity index (χ2n) is 4.18. The van der Waals surface area contributed by atoms with Gasteiger partial charge < -0.3 is 5.32 Å². The first-order chi connectivity index (χ1) is 7.78. The number of rotatable bonds is 3. The first-order valence-electron chi connectivity index (χ1n) is 5.75. The number of pyridine rings is 1. The Morgan fingerprint density at radius 2 is 2.44 bits per heavy atom. The van der Waals surface area contributed by atoms with Crippen LogP contribution in [0.15, 0.2) is 18.2 Å². The zero-order valence-corrected chi connectivity index (χ0v) is 10.8. The zero-order valence-electron chi connectivity index (χ0n) is 9.94. The van der Waals surface area contributed by atoms with E-state index in [0.29, 0.717) is 0 Å². The van der Waals surface area contributed by atoms with Gasteiger partial charge in [0.1, 0.15) is 5.82 Å². The van der Waals surface area contributed by atoms with Gasteiger partial charge in [0.15, 0.2) is 0 Å². The summed E-state index contributed by atoms with van der Waals surface area (Å²) in [6.07, 6.45) is 0. The molecule has 16 heavy (non-hydrogen) atoms. The Balaban J connectivity index is 1.97. The van der Waals surface area contributed by atoms with E-state index in [1.54, 1.807) is 0 Å². The highest BCUT2D eigenvalue weighted by Gasteiger charge is 2.16. The van der Waals surface area contributed by atoms with Gasteiger partial charge in [-0.25, -0.2) is 4.98 Å². The Morgan fingerprint density at radius 3 is 3.19 bits per heavy atom. The maximum Gasteiger partial charge on any atom is 0.126 e. The van der Waals surface area contributed by atoms with Gasteiger partial charge >= 0.3 is 0 Å². The molecule has 0 bridgehead atoms. The highest BCUT2D eigenvalue weighted by molar-refractivity contribution is 7.99. The molecule has 88 valence electrons. The summed E-state index contributed by atoms with van der Waals surface area (Å²) in [7, 11) is 1.91. The maximum absolute atomic E-state index is 4.55. The van der Waals surface area contributed by atoms with Crippen LogP contribution < -0.4 is 5.32 Å². The van der Waals surface area contributed by atoms with Crippen molar-refractivity contribution < 1.29 is 0 Å². The molecular formula is C12H19N3S. The molecule has 2 heterocycles. The SMILES string of the molecule is CNc1cccc(CN2CCSC(C)C2)n1. The van der Waals surface area contributed by atoms with Crippen LogP contribution >= 0.6 is 11.8 Å². The van der Waals surface area contributed by atoms with Gasteiger partial charge in [-0.3, -0.25) is 4.90 Å². The molecule has 4 heteroatoms. The van der Waals surface area contributed by atoms with Gasteiger partial charge in [-0.1, -0.05) is 13.0 Å². The molecule has 1 aliphatic heterocycles. The van der Waals surface area contributed by atoms with Gasteiger partial charge in [0.05, 0.1) is 5.69 Å². The molecule has 0 amide bonds. The molecule has 0 aromatic carbocycles. The summed E-state index contributed by atoms with van der Waals surface area (Å²) >= 11 is 2.07. The third-order valence-electron chi connectivity index (χ3n) is 2.77. The Hall–Kier alpha value is -0.740. The van der Waals surface area contributed by atoms with E-state index < -0.39 is 0 Å². The number of hydrogen-bond donors (Lipinski definition) is 1. The largest absolute Gasteiger partial charge is 0.373 e. The number of thioether (sulfide) groups is 1. The number of hydrogen-bond acceptors (Lipinski definition) is 4. The van der Waals surface area contributed by atoms with Crippen LogP contribution in [0.3, 0.4) is 0 Å². The average molecular weight is 237 g/mol. The fraction of sp³-hybridized carbons (Fsp3) is 0.583. The lowest BCUT2D eigenvalue weighted by molar-refractivity contribution is 0.275. The third-order valence-corrected chi connectivity index (χ3v) is 3.91. The maximum atomic E-state index is 4.55. The normalized spacial score (nSPS) is 22.0. The van der Waals surface area contributed by atoms with E-state index in [9.17, 15) is 0 Å². The third kappa shape index (κ3) is 3.12. The Bertz CT molecular complexity index is 343. The van der Waals surface area contributed by atoms with Gasteiger partial charge in [0, 0.05) is 37.7 Å². The molecule has 1 atom stereocenters. The van der Waals surface area contributed by atoms with E-state index in [-0.39, 0.29) is 0 Å². The zero-order chi connectivity index (χ0) is 11.4. The molecule has 0 saturated carbocycles. The van der Waals surface area contributed by atoms with Gasteiger partial charge in [0.25, 0.3) is 0 Å². The summed E-state index contributed by atoms with van der Waals surface area (Å²) in [5.74, 6) is 2.20. The number of nitrogens with one attached hydrogen (secondary N) is 1.